The van der Waals surface area contributed by atoms with Gasteiger partial charge in [0.05, 0.1) is 30.5 Å². The maximum atomic E-state index is 12.8. The molecule has 1 amide bonds. The van der Waals surface area contributed by atoms with Crippen molar-refractivity contribution in [2.45, 2.75) is 17.6 Å². The predicted octanol–water partition coefficient (Wildman–Crippen LogP) is 4.89. The molecule has 0 unspecified atom stereocenters. The topological polar surface area (TPSA) is 108 Å². The fourth-order valence-electron chi connectivity index (χ4n) is 3.45. The molecule has 4 rings (SSSR count). The van der Waals surface area contributed by atoms with E-state index in [1.807, 2.05) is 0 Å². The van der Waals surface area contributed by atoms with E-state index in [2.05, 4.69) is 10.3 Å². The third-order valence-corrected chi connectivity index (χ3v) is 7.01. The number of aromatic nitrogens is 1. The Kier molecular flexibility index (Phi) is 6.88. The Morgan fingerprint density at radius 1 is 0.971 bits per heavy atom. The van der Waals surface area contributed by atoms with Crippen molar-refractivity contribution >= 4 is 21.4 Å². The van der Waals surface area contributed by atoms with E-state index in [4.69, 9.17) is 13.9 Å². The van der Waals surface area contributed by atoms with Crippen molar-refractivity contribution in [3.63, 3.8) is 0 Å². The molecule has 35 heavy (non-hydrogen) atoms. The number of anilines is 1. The van der Waals surface area contributed by atoms with Crippen LogP contribution in [0, 0.1) is 6.92 Å². The molecule has 0 aliphatic rings. The van der Waals surface area contributed by atoms with Gasteiger partial charge in [-0.15, -0.1) is 0 Å². The number of aryl methyl sites for hydroxylation is 1. The second-order valence-electron chi connectivity index (χ2n) is 7.69. The number of hydrogen-bond acceptors (Lipinski definition) is 7. The van der Waals surface area contributed by atoms with Crippen LogP contribution in [0.1, 0.15) is 21.8 Å². The van der Waals surface area contributed by atoms with Crippen molar-refractivity contribution in [3.8, 4) is 23.0 Å². The number of carbonyl (C=O) groups is 1. The third kappa shape index (κ3) is 5.36. The van der Waals surface area contributed by atoms with Crippen LogP contribution in [0.3, 0.4) is 0 Å². The van der Waals surface area contributed by atoms with Gasteiger partial charge >= 0.3 is 0 Å². The standard InChI is InChI=1S/C26H24N2O6S/c1-17-23(16-35(30,31)21-7-5-4-6-8-21)28-26(34-17)19-11-9-18(10-12-19)25(29)27-22-15-20(32-2)13-14-24(22)33-3/h4-15H,16H2,1-3H3,(H,27,29). The highest BCUT2D eigenvalue weighted by Crippen LogP contribution is 2.30. The van der Waals surface area contributed by atoms with Gasteiger partial charge in [-0.3, -0.25) is 4.79 Å². The zero-order valence-corrected chi connectivity index (χ0v) is 20.3. The highest BCUT2D eigenvalue weighted by Gasteiger charge is 2.21. The summed E-state index contributed by atoms with van der Waals surface area (Å²) in [6.07, 6.45) is 0. The fourth-order valence-corrected chi connectivity index (χ4v) is 4.81. The van der Waals surface area contributed by atoms with Crippen LogP contribution >= 0.6 is 0 Å². The Labute approximate surface area is 203 Å². The van der Waals surface area contributed by atoms with Gasteiger partial charge in [-0.05, 0) is 55.5 Å². The molecule has 0 saturated carbocycles. The number of nitrogens with zero attached hydrogens (tertiary/aromatic N) is 1. The number of carbonyl (C=O) groups excluding carboxylic acids is 1. The van der Waals surface area contributed by atoms with E-state index in [-0.39, 0.29) is 22.4 Å². The summed E-state index contributed by atoms with van der Waals surface area (Å²) < 4.78 is 41.7. The average molecular weight is 493 g/mol. The summed E-state index contributed by atoms with van der Waals surface area (Å²) >= 11 is 0. The van der Waals surface area contributed by atoms with Crippen molar-refractivity contribution in [2.75, 3.05) is 19.5 Å². The van der Waals surface area contributed by atoms with Crippen LogP contribution in [0.15, 0.2) is 82.1 Å². The van der Waals surface area contributed by atoms with E-state index >= 15 is 0 Å². The van der Waals surface area contributed by atoms with E-state index in [0.717, 1.165) is 0 Å². The van der Waals surface area contributed by atoms with E-state index in [9.17, 15) is 13.2 Å². The van der Waals surface area contributed by atoms with Crippen molar-refractivity contribution in [1.29, 1.82) is 0 Å². The molecule has 9 heteroatoms. The van der Waals surface area contributed by atoms with Gasteiger partial charge in [-0.2, -0.15) is 0 Å². The molecule has 1 aromatic heterocycles. The summed E-state index contributed by atoms with van der Waals surface area (Å²) in [5.41, 5.74) is 1.85. The van der Waals surface area contributed by atoms with Crippen LogP contribution in [0.5, 0.6) is 11.5 Å². The smallest absolute Gasteiger partial charge is 0.255 e. The summed E-state index contributed by atoms with van der Waals surface area (Å²) in [6, 6.07) is 20.0. The lowest BCUT2D eigenvalue weighted by Gasteiger charge is -2.12. The quantitative estimate of drug-likeness (QED) is 0.373. The maximum absolute atomic E-state index is 12.8. The number of oxazole rings is 1. The number of nitrogens with one attached hydrogen (secondary N) is 1. The van der Waals surface area contributed by atoms with E-state index in [1.54, 1.807) is 86.8 Å². The van der Waals surface area contributed by atoms with Gasteiger partial charge in [-0.25, -0.2) is 13.4 Å². The zero-order valence-electron chi connectivity index (χ0n) is 19.4. The van der Waals surface area contributed by atoms with Crippen molar-refractivity contribution in [1.82, 2.24) is 4.98 Å². The van der Waals surface area contributed by atoms with Gasteiger partial charge in [0.15, 0.2) is 9.84 Å². The molecule has 0 radical (unpaired) electrons. The molecule has 0 saturated heterocycles. The molecule has 3 aromatic carbocycles. The lowest BCUT2D eigenvalue weighted by Crippen LogP contribution is -2.12. The molecule has 4 aromatic rings. The Morgan fingerprint density at radius 3 is 2.34 bits per heavy atom. The molecular formula is C26H24N2O6S. The molecule has 1 heterocycles. The highest BCUT2D eigenvalue weighted by atomic mass is 32.2. The predicted molar refractivity (Wildman–Crippen MR) is 132 cm³/mol. The van der Waals surface area contributed by atoms with Gasteiger partial charge < -0.3 is 19.2 Å². The van der Waals surface area contributed by atoms with Gasteiger partial charge in [0.25, 0.3) is 5.91 Å². The number of rotatable bonds is 8. The number of amides is 1. The van der Waals surface area contributed by atoms with Crippen LogP contribution < -0.4 is 14.8 Å². The summed E-state index contributed by atoms with van der Waals surface area (Å²) in [5.74, 6) is 1.19. The van der Waals surface area contributed by atoms with Crippen LogP contribution in [0.25, 0.3) is 11.5 Å². The first kappa shape index (κ1) is 24.0. The first-order valence-corrected chi connectivity index (χ1v) is 12.3. The van der Waals surface area contributed by atoms with Gasteiger partial charge in [0.1, 0.15) is 23.0 Å². The van der Waals surface area contributed by atoms with E-state index in [1.165, 1.54) is 7.11 Å². The zero-order chi connectivity index (χ0) is 25.0. The van der Waals surface area contributed by atoms with Crippen LogP contribution in [-0.4, -0.2) is 33.5 Å². The first-order valence-electron chi connectivity index (χ1n) is 10.7. The Hall–Kier alpha value is -4.11. The number of benzene rings is 3. The summed E-state index contributed by atoms with van der Waals surface area (Å²) in [6.45, 7) is 1.68. The van der Waals surface area contributed by atoms with E-state index in [0.29, 0.717) is 39.8 Å². The van der Waals surface area contributed by atoms with Crippen LogP contribution in [0.4, 0.5) is 5.69 Å². The molecule has 0 spiro atoms. The maximum Gasteiger partial charge on any atom is 0.255 e. The van der Waals surface area contributed by atoms with E-state index < -0.39 is 9.84 Å². The Morgan fingerprint density at radius 2 is 1.69 bits per heavy atom. The van der Waals surface area contributed by atoms with Crippen molar-refractivity contribution in [2.24, 2.45) is 0 Å². The minimum atomic E-state index is -3.56. The van der Waals surface area contributed by atoms with Gasteiger partial charge in [0.2, 0.25) is 5.89 Å². The van der Waals surface area contributed by atoms with Crippen LogP contribution in [0.2, 0.25) is 0 Å². The fraction of sp³-hybridized carbons (Fsp3) is 0.154. The first-order chi connectivity index (χ1) is 16.8. The lowest BCUT2D eigenvalue weighted by molar-refractivity contribution is 0.102. The SMILES string of the molecule is COc1ccc(OC)c(NC(=O)c2ccc(-c3nc(CS(=O)(=O)c4ccccc4)c(C)o3)cc2)c1. The third-order valence-electron chi connectivity index (χ3n) is 5.37. The molecule has 8 nitrogen and oxygen atoms in total. The molecule has 1 N–H and O–H groups in total. The minimum absolute atomic E-state index is 0.229. The largest absolute Gasteiger partial charge is 0.497 e. The summed E-state index contributed by atoms with van der Waals surface area (Å²) in [5, 5.41) is 2.82. The normalized spacial score (nSPS) is 11.2. The number of sulfone groups is 1. The minimum Gasteiger partial charge on any atom is -0.497 e. The molecule has 0 bridgehead atoms. The molecule has 180 valence electrons. The number of hydrogen-bond donors (Lipinski definition) is 1. The van der Waals surface area contributed by atoms with Gasteiger partial charge in [0, 0.05) is 17.2 Å². The van der Waals surface area contributed by atoms with Crippen LogP contribution in [-0.2, 0) is 15.6 Å². The molecule has 0 aliphatic heterocycles. The molecule has 0 fully saturated rings. The second kappa shape index (κ2) is 10.0. The van der Waals surface area contributed by atoms with Crippen molar-refractivity contribution < 1.29 is 27.1 Å². The number of methoxy groups -OCH3 is 2. The Bertz CT molecular complexity index is 1450. The summed E-state index contributed by atoms with van der Waals surface area (Å²) in [4.78, 5) is 17.4. The highest BCUT2D eigenvalue weighted by molar-refractivity contribution is 7.90. The molecular weight excluding hydrogens is 468 g/mol. The second-order valence-corrected chi connectivity index (χ2v) is 9.68. The molecule has 0 atom stereocenters. The molecule has 0 aliphatic carbocycles. The Balaban J connectivity index is 1.51. The monoisotopic (exact) mass is 492 g/mol. The van der Waals surface area contributed by atoms with Gasteiger partial charge in [-0.1, -0.05) is 18.2 Å². The summed E-state index contributed by atoms with van der Waals surface area (Å²) in [7, 11) is -0.499. The van der Waals surface area contributed by atoms with Crippen molar-refractivity contribution in [3.05, 3.63) is 89.8 Å². The lowest BCUT2D eigenvalue weighted by atomic mass is 10.1. The number of ether oxygens (including phenoxy) is 2. The average Bonchev–Trinajstić information content (AvgIpc) is 3.23.